The molecule has 212 valence electrons. The van der Waals surface area contributed by atoms with E-state index in [2.05, 4.69) is 18.2 Å². The molecule has 6 nitrogen and oxygen atoms in total. The van der Waals surface area contributed by atoms with Crippen molar-refractivity contribution < 1.29 is 28.5 Å². The Morgan fingerprint density at radius 3 is 2.36 bits per heavy atom. The van der Waals surface area contributed by atoms with Crippen LogP contribution in [0.5, 0.6) is 5.75 Å². The van der Waals surface area contributed by atoms with E-state index in [0.29, 0.717) is 37.7 Å². The highest BCUT2D eigenvalue weighted by Gasteiger charge is 2.49. The van der Waals surface area contributed by atoms with Crippen LogP contribution in [0.3, 0.4) is 0 Å². The Labute approximate surface area is 237 Å². The highest BCUT2D eigenvalue weighted by atomic mass is 35.5. The van der Waals surface area contributed by atoms with Crippen LogP contribution in [-0.4, -0.2) is 50.4 Å². The third-order valence-corrected chi connectivity index (χ3v) is 8.44. The van der Waals surface area contributed by atoms with Crippen LogP contribution in [0.1, 0.15) is 87.3 Å². The summed E-state index contributed by atoms with van der Waals surface area (Å²) in [6.45, 7) is 4.17. The molecule has 2 aliphatic heterocycles. The molecule has 5 rings (SSSR count). The molecule has 7 heteroatoms. The highest BCUT2D eigenvalue weighted by molar-refractivity contribution is 6.31. The second-order valence-electron chi connectivity index (χ2n) is 10.9. The van der Waals surface area contributed by atoms with Gasteiger partial charge in [-0.1, -0.05) is 35.9 Å². The van der Waals surface area contributed by atoms with Gasteiger partial charge >= 0.3 is 0 Å². The van der Waals surface area contributed by atoms with Crippen LogP contribution >= 0.6 is 11.6 Å². The van der Waals surface area contributed by atoms with E-state index in [9.17, 15) is 4.79 Å². The molecule has 0 bridgehead atoms. The van der Waals surface area contributed by atoms with Gasteiger partial charge in [0.05, 0.1) is 13.2 Å². The maximum atomic E-state index is 14.3. The molecular formula is C32H41ClO6. The summed E-state index contributed by atoms with van der Waals surface area (Å²) in [6, 6.07) is 14.1. The van der Waals surface area contributed by atoms with E-state index in [-0.39, 0.29) is 30.9 Å². The Balaban J connectivity index is 1.35. The average Bonchev–Trinajstić information content (AvgIpc) is 2.97. The maximum Gasteiger partial charge on any atom is 0.174 e. The van der Waals surface area contributed by atoms with Crippen molar-refractivity contribution in [1.29, 1.82) is 0 Å². The molecule has 2 heterocycles. The average molecular weight is 557 g/mol. The molecule has 0 amide bonds. The van der Waals surface area contributed by atoms with Crippen LogP contribution in [-0.2, 0) is 30.2 Å². The van der Waals surface area contributed by atoms with Crippen molar-refractivity contribution in [3.05, 3.63) is 64.2 Å². The van der Waals surface area contributed by atoms with Gasteiger partial charge in [0, 0.05) is 24.2 Å². The molecule has 39 heavy (non-hydrogen) atoms. The van der Waals surface area contributed by atoms with Gasteiger partial charge in [0.15, 0.2) is 24.0 Å². The normalized spacial score (nSPS) is 27.8. The minimum atomic E-state index is -1.04. The van der Waals surface area contributed by atoms with E-state index < -0.39 is 5.60 Å². The largest absolute Gasteiger partial charge is 0.494 e. The molecule has 4 unspecified atom stereocenters. The molecule has 3 fully saturated rings. The predicted molar refractivity (Wildman–Crippen MR) is 150 cm³/mol. The summed E-state index contributed by atoms with van der Waals surface area (Å²) < 4.78 is 30.1. The molecule has 0 aromatic heterocycles. The van der Waals surface area contributed by atoms with Crippen molar-refractivity contribution >= 4 is 17.4 Å². The number of carbonyl (C=O) groups is 1. The van der Waals surface area contributed by atoms with E-state index >= 15 is 0 Å². The molecule has 2 saturated heterocycles. The summed E-state index contributed by atoms with van der Waals surface area (Å²) in [5.74, 6) is 0.649. The summed E-state index contributed by atoms with van der Waals surface area (Å²) in [4.78, 5) is 14.3. The molecule has 2 aromatic carbocycles. The minimum Gasteiger partial charge on any atom is -0.494 e. The van der Waals surface area contributed by atoms with Crippen molar-refractivity contribution in [3.8, 4) is 5.75 Å². The summed E-state index contributed by atoms with van der Waals surface area (Å²) in [5.41, 5.74) is 2.09. The van der Waals surface area contributed by atoms with Gasteiger partial charge in [-0.05, 0) is 106 Å². The number of hydrogen-bond acceptors (Lipinski definition) is 6. The SMILES string of the molecule is CCOc1ccc(Cc2cc(C3CCCC(COC4CCCCO4)(OC4CCCCO4)C3=O)ccc2Cl)cc1. The van der Waals surface area contributed by atoms with Crippen molar-refractivity contribution in [2.75, 3.05) is 26.4 Å². The molecule has 1 saturated carbocycles. The number of carbonyl (C=O) groups excluding carboxylic acids is 1. The summed E-state index contributed by atoms with van der Waals surface area (Å²) in [6.07, 6.45) is 8.13. The van der Waals surface area contributed by atoms with E-state index in [0.717, 1.165) is 73.8 Å². The topological polar surface area (TPSA) is 63.2 Å². The number of benzene rings is 2. The van der Waals surface area contributed by atoms with Crippen molar-refractivity contribution in [1.82, 2.24) is 0 Å². The van der Waals surface area contributed by atoms with Crippen LogP contribution in [0, 0.1) is 0 Å². The maximum absolute atomic E-state index is 14.3. The second kappa shape index (κ2) is 13.6. The Morgan fingerprint density at radius 2 is 1.67 bits per heavy atom. The molecular weight excluding hydrogens is 516 g/mol. The Kier molecular flexibility index (Phi) is 9.96. The van der Waals surface area contributed by atoms with Crippen LogP contribution < -0.4 is 4.74 Å². The zero-order chi connectivity index (χ0) is 27.1. The van der Waals surface area contributed by atoms with Crippen LogP contribution in [0.15, 0.2) is 42.5 Å². The van der Waals surface area contributed by atoms with Gasteiger partial charge in [0.1, 0.15) is 5.75 Å². The molecule has 3 aliphatic rings. The van der Waals surface area contributed by atoms with Gasteiger partial charge in [-0.3, -0.25) is 4.79 Å². The van der Waals surface area contributed by atoms with Crippen molar-refractivity contribution in [2.24, 2.45) is 0 Å². The number of hydrogen-bond donors (Lipinski definition) is 0. The standard InChI is InChI=1S/C32H41ClO6/c1-2-35-26-14-11-23(12-15-26)20-25-21-24(13-16-28(25)33)27-8-7-17-32(31(27)34,39-30-10-4-6-19-37-30)22-38-29-9-3-5-18-36-29/h11-16,21,27,29-30H,2-10,17-20,22H2,1H3. The lowest BCUT2D eigenvalue weighted by molar-refractivity contribution is -0.257. The zero-order valence-electron chi connectivity index (χ0n) is 23.0. The predicted octanol–water partition coefficient (Wildman–Crippen LogP) is 6.99. The lowest BCUT2D eigenvalue weighted by Gasteiger charge is -2.42. The number of ketones is 1. The first-order chi connectivity index (χ1) is 19.1. The smallest absolute Gasteiger partial charge is 0.174 e. The Hall–Kier alpha value is -1.96. The molecule has 2 aromatic rings. The summed E-state index contributed by atoms with van der Waals surface area (Å²) >= 11 is 6.64. The van der Waals surface area contributed by atoms with E-state index in [1.165, 1.54) is 0 Å². The Morgan fingerprint density at radius 1 is 0.923 bits per heavy atom. The number of ether oxygens (including phenoxy) is 5. The van der Waals surface area contributed by atoms with Gasteiger partial charge in [-0.2, -0.15) is 0 Å². The first kappa shape index (κ1) is 28.6. The van der Waals surface area contributed by atoms with Crippen molar-refractivity contribution in [2.45, 2.75) is 95.2 Å². The van der Waals surface area contributed by atoms with Crippen LogP contribution in [0.4, 0.5) is 0 Å². The molecule has 0 radical (unpaired) electrons. The van der Waals surface area contributed by atoms with Gasteiger partial charge < -0.3 is 23.7 Å². The summed E-state index contributed by atoms with van der Waals surface area (Å²) in [5, 5.41) is 0.701. The fraction of sp³-hybridized carbons (Fsp3) is 0.594. The number of rotatable bonds is 10. The molecule has 0 spiro atoms. The number of Topliss-reactive ketones (excluding diaryl/α,β-unsaturated/α-hetero) is 1. The lowest BCUT2D eigenvalue weighted by Crippen LogP contribution is -2.54. The monoisotopic (exact) mass is 556 g/mol. The lowest BCUT2D eigenvalue weighted by atomic mass is 9.73. The van der Waals surface area contributed by atoms with Gasteiger partial charge in [0.25, 0.3) is 0 Å². The van der Waals surface area contributed by atoms with Gasteiger partial charge in [0.2, 0.25) is 0 Å². The van der Waals surface area contributed by atoms with Crippen molar-refractivity contribution in [3.63, 3.8) is 0 Å². The minimum absolute atomic E-state index is 0.0769. The van der Waals surface area contributed by atoms with E-state index in [1.807, 2.05) is 31.2 Å². The van der Waals surface area contributed by atoms with Crippen LogP contribution in [0.25, 0.3) is 0 Å². The fourth-order valence-corrected chi connectivity index (χ4v) is 6.12. The van der Waals surface area contributed by atoms with E-state index in [4.69, 9.17) is 35.3 Å². The third-order valence-electron chi connectivity index (χ3n) is 8.08. The quantitative estimate of drug-likeness (QED) is 0.314. The molecule has 1 aliphatic carbocycles. The number of halogens is 1. The Bertz CT molecular complexity index is 1080. The second-order valence-corrected chi connectivity index (χ2v) is 11.3. The fourth-order valence-electron chi connectivity index (χ4n) is 5.94. The highest BCUT2D eigenvalue weighted by Crippen LogP contribution is 2.41. The molecule has 0 N–H and O–H groups in total. The van der Waals surface area contributed by atoms with Gasteiger partial charge in [-0.15, -0.1) is 0 Å². The third kappa shape index (κ3) is 7.22. The summed E-state index contributed by atoms with van der Waals surface area (Å²) in [7, 11) is 0. The molecule has 4 atom stereocenters. The first-order valence-electron chi connectivity index (χ1n) is 14.6. The van der Waals surface area contributed by atoms with E-state index in [1.54, 1.807) is 0 Å². The first-order valence-corrected chi connectivity index (χ1v) is 15.0. The van der Waals surface area contributed by atoms with Gasteiger partial charge in [-0.25, -0.2) is 0 Å². The van der Waals surface area contributed by atoms with Crippen LogP contribution in [0.2, 0.25) is 5.02 Å². The zero-order valence-corrected chi connectivity index (χ0v) is 23.8.